The molecule has 0 spiro atoms. The Morgan fingerprint density at radius 1 is 1.59 bits per heavy atom. The number of aromatic nitrogens is 3. The van der Waals surface area contributed by atoms with Crippen LogP contribution in [-0.2, 0) is 17.9 Å². The standard InChI is InChI=1S/C15H21N5O2/c1-11-7-13(19-22-11)9-17-15(21)10-20-14(4-6-18-20)12-3-2-5-16-8-12/h4,6-7,12,16H,2-3,5,8-10H2,1H3,(H,17,21). The van der Waals surface area contributed by atoms with Crippen LogP contribution in [0.4, 0.5) is 0 Å². The van der Waals surface area contributed by atoms with Crippen molar-refractivity contribution in [3.05, 3.63) is 35.5 Å². The number of nitrogens with one attached hydrogen (secondary N) is 2. The highest BCUT2D eigenvalue weighted by Gasteiger charge is 2.19. The molecule has 1 aliphatic rings. The maximum Gasteiger partial charge on any atom is 0.242 e. The lowest BCUT2D eigenvalue weighted by Gasteiger charge is -2.23. The van der Waals surface area contributed by atoms with E-state index in [1.807, 2.05) is 19.1 Å². The van der Waals surface area contributed by atoms with Crippen molar-refractivity contribution in [2.45, 2.75) is 38.8 Å². The summed E-state index contributed by atoms with van der Waals surface area (Å²) in [7, 11) is 0. The lowest BCUT2D eigenvalue weighted by Crippen LogP contribution is -2.32. The molecule has 0 aromatic carbocycles. The molecule has 2 aromatic rings. The van der Waals surface area contributed by atoms with E-state index in [9.17, 15) is 4.79 Å². The smallest absolute Gasteiger partial charge is 0.242 e. The van der Waals surface area contributed by atoms with Gasteiger partial charge in [-0.2, -0.15) is 5.10 Å². The molecular formula is C15H21N5O2. The highest BCUT2D eigenvalue weighted by molar-refractivity contribution is 5.75. The molecule has 7 heteroatoms. The van der Waals surface area contributed by atoms with Crippen LogP contribution in [0, 0.1) is 6.92 Å². The number of hydrogen-bond acceptors (Lipinski definition) is 5. The molecule has 3 rings (SSSR count). The van der Waals surface area contributed by atoms with Crippen molar-refractivity contribution >= 4 is 5.91 Å². The fourth-order valence-electron chi connectivity index (χ4n) is 2.81. The van der Waals surface area contributed by atoms with E-state index in [1.165, 1.54) is 0 Å². The molecule has 1 amide bonds. The van der Waals surface area contributed by atoms with Crippen LogP contribution in [-0.4, -0.2) is 33.9 Å². The van der Waals surface area contributed by atoms with Crippen molar-refractivity contribution in [2.75, 3.05) is 13.1 Å². The van der Waals surface area contributed by atoms with Gasteiger partial charge in [-0.1, -0.05) is 5.16 Å². The maximum absolute atomic E-state index is 12.1. The predicted octanol–water partition coefficient (Wildman–Crippen LogP) is 0.963. The summed E-state index contributed by atoms with van der Waals surface area (Å²) in [6, 6.07) is 3.82. The van der Waals surface area contributed by atoms with E-state index in [2.05, 4.69) is 20.9 Å². The molecule has 0 bridgehead atoms. The molecule has 1 unspecified atom stereocenters. The van der Waals surface area contributed by atoms with Gasteiger partial charge in [-0.25, -0.2) is 0 Å². The lowest BCUT2D eigenvalue weighted by atomic mass is 9.96. The Hall–Kier alpha value is -2.15. The molecule has 1 atom stereocenters. The van der Waals surface area contributed by atoms with Gasteiger partial charge in [0.2, 0.25) is 5.91 Å². The minimum absolute atomic E-state index is 0.0747. The van der Waals surface area contributed by atoms with Gasteiger partial charge in [0.05, 0.1) is 6.54 Å². The molecule has 2 N–H and O–H groups in total. The fourth-order valence-corrected chi connectivity index (χ4v) is 2.81. The molecular weight excluding hydrogens is 282 g/mol. The largest absolute Gasteiger partial charge is 0.361 e. The molecule has 1 fully saturated rings. The molecule has 0 aliphatic carbocycles. The number of piperidine rings is 1. The number of carbonyl (C=O) groups is 1. The molecule has 118 valence electrons. The second-order valence-corrected chi connectivity index (χ2v) is 5.66. The minimum atomic E-state index is -0.0747. The Balaban J connectivity index is 1.56. The molecule has 0 radical (unpaired) electrons. The van der Waals surface area contributed by atoms with Crippen LogP contribution >= 0.6 is 0 Å². The van der Waals surface area contributed by atoms with Crippen molar-refractivity contribution < 1.29 is 9.32 Å². The van der Waals surface area contributed by atoms with Crippen LogP contribution in [0.15, 0.2) is 22.9 Å². The molecule has 3 heterocycles. The van der Waals surface area contributed by atoms with Crippen molar-refractivity contribution in [2.24, 2.45) is 0 Å². The summed E-state index contributed by atoms with van der Waals surface area (Å²) < 4.78 is 6.77. The summed E-state index contributed by atoms with van der Waals surface area (Å²) in [5.74, 6) is 1.10. The maximum atomic E-state index is 12.1. The third-order valence-corrected chi connectivity index (χ3v) is 3.90. The minimum Gasteiger partial charge on any atom is -0.361 e. The Bertz CT molecular complexity index is 627. The first-order chi connectivity index (χ1) is 10.7. The highest BCUT2D eigenvalue weighted by atomic mass is 16.5. The highest BCUT2D eigenvalue weighted by Crippen LogP contribution is 2.22. The van der Waals surface area contributed by atoms with Gasteiger partial charge in [0.25, 0.3) is 0 Å². The number of hydrogen-bond donors (Lipinski definition) is 2. The average molecular weight is 303 g/mol. The van der Waals surface area contributed by atoms with E-state index in [4.69, 9.17) is 4.52 Å². The van der Waals surface area contributed by atoms with Gasteiger partial charge in [0.15, 0.2) is 0 Å². The first kappa shape index (κ1) is 14.8. The monoisotopic (exact) mass is 303 g/mol. The zero-order chi connectivity index (χ0) is 15.4. The first-order valence-corrected chi connectivity index (χ1v) is 7.63. The summed E-state index contributed by atoms with van der Waals surface area (Å²) in [5, 5.41) is 14.4. The van der Waals surface area contributed by atoms with Gasteiger partial charge in [-0.3, -0.25) is 9.48 Å². The summed E-state index contributed by atoms with van der Waals surface area (Å²) in [6.07, 6.45) is 4.06. The van der Waals surface area contributed by atoms with E-state index >= 15 is 0 Å². The number of aryl methyl sites for hydroxylation is 1. The summed E-state index contributed by atoms with van der Waals surface area (Å²) >= 11 is 0. The molecule has 0 saturated carbocycles. The Morgan fingerprint density at radius 3 is 3.23 bits per heavy atom. The Morgan fingerprint density at radius 2 is 2.50 bits per heavy atom. The predicted molar refractivity (Wildman–Crippen MR) is 80.2 cm³/mol. The Labute approximate surface area is 129 Å². The van der Waals surface area contributed by atoms with Gasteiger partial charge in [-0.15, -0.1) is 0 Å². The van der Waals surface area contributed by atoms with Crippen molar-refractivity contribution in [1.29, 1.82) is 0 Å². The summed E-state index contributed by atoms with van der Waals surface area (Å²) in [6.45, 7) is 4.45. The topological polar surface area (TPSA) is 85.0 Å². The number of carbonyl (C=O) groups excluding carboxylic acids is 1. The van der Waals surface area contributed by atoms with Crippen LogP contribution in [0.5, 0.6) is 0 Å². The first-order valence-electron chi connectivity index (χ1n) is 7.63. The normalized spacial score (nSPS) is 18.3. The molecule has 1 saturated heterocycles. The lowest BCUT2D eigenvalue weighted by molar-refractivity contribution is -0.122. The zero-order valence-electron chi connectivity index (χ0n) is 12.7. The van der Waals surface area contributed by atoms with Crippen molar-refractivity contribution in [3.8, 4) is 0 Å². The summed E-state index contributed by atoms with van der Waals surface area (Å²) in [5.41, 5.74) is 1.85. The molecule has 22 heavy (non-hydrogen) atoms. The summed E-state index contributed by atoms with van der Waals surface area (Å²) in [4.78, 5) is 12.1. The van der Waals surface area contributed by atoms with Gasteiger partial charge >= 0.3 is 0 Å². The van der Waals surface area contributed by atoms with Crippen LogP contribution in [0.25, 0.3) is 0 Å². The van der Waals surface area contributed by atoms with Crippen LogP contribution < -0.4 is 10.6 Å². The number of nitrogens with zero attached hydrogens (tertiary/aromatic N) is 3. The third kappa shape index (κ3) is 3.54. The number of rotatable bonds is 5. The van der Waals surface area contributed by atoms with E-state index < -0.39 is 0 Å². The molecule has 1 aliphatic heterocycles. The van der Waals surface area contributed by atoms with Crippen molar-refractivity contribution in [1.82, 2.24) is 25.6 Å². The fraction of sp³-hybridized carbons (Fsp3) is 0.533. The van der Waals surface area contributed by atoms with Gasteiger partial charge in [-0.05, 0) is 32.4 Å². The van der Waals surface area contributed by atoms with Crippen molar-refractivity contribution in [3.63, 3.8) is 0 Å². The van der Waals surface area contributed by atoms with E-state index in [1.54, 1.807) is 10.9 Å². The SMILES string of the molecule is Cc1cc(CNC(=O)Cn2nccc2C2CCCNC2)no1. The second kappa shape index (κ2) is 6.74. The number of amides is 1. The van der Waals surface area contributed by atoms with Gasteiger partial charge in [0, 0.05) is 30.4 Å². The molecule has 7 nitrogen and oxygen atoms in total. The van der Waals surface area contributed by atoms with E-state index in [-0.39, 0.29) is 12.5 Å². The Kier molecular flexibility index (Phi) is 4.53. The zero-order valence-corrected chi connectivity index (χ0v) is 12.7. The second-order valence-electron chi connectivity index (χ2n) is 5.66. The van der Waals surface area contributed by atoms with E-state index in [0.717, 1.165) is 43.1 Å². The van der Waals surface area contributed by atoms with Gasteiger partial charge < -0.3 is 15.2 Å². The van der Waals surface area contributed by atoms with Crippen LogP contribution in [0.1, 0.15) is 35.9 Å². The third-order valence-electron chi connectivity index (χ3n) is 3.90. The average Bonchev–Trinajstić information content (AvgIpc) is 3.15. The molecule has 2 aromatic heterocycles. The van der Waals surface area contributed by atoms with E-state index in [0.29, 0.717) is 12.5 Å². The van der Waals surface area contributed by atoms with Gasteiger partial charge in [0.1, 0.15) is 18.0 Å². The quantitative estimate of drug-likeness (QED) is 0.859. The van der Waals surface area contributed by atoms with Crippen LogP contribution in [0.2, 0.25) is 0 Å². The van der Waals surface area contributed by atoms with Crippen LogP contribution in [0.3, 0.4) is 0 Å².